The van der Waals surface area contributed by atoms with Crippen molar-refractivity contribution in [3.63, 3.8) is 0 Å². The first-order valence-electron chi connectivity index (χ1n) is 8.76. The van der Waals surface area contributed by atoms with Gasteiger partial charge < -0.3 is 15.5 Å². The zero-order chi connectivity index (χ0) is 19.7. The van der Waals surface area contributed by atoms with Crippen LogP contribution in [0.4, 0.5) is 17.5 Å². The van der Waals surface area contributed by atoms with E-state index in [1.807, 2.05) is 11.4 Å². The van der Waals surface area contributed by atoms with Crippen molar-refractivity contribution in [3.8, 4) is 0 Å². The van der Waals surface area contributed by atoms with E-state index < -0.39 is 0 Å². The van der Waals surface area contributed by atoms with E-state index in [1.165, 1.54) is 17.7 Å². The molecule has 0 atom stereocenters. The SMILES string of the molecule is C=CC(=O)N1CC(CNc2nc(Nc3cnn(C(C)=O)c3)nc3ccsc23)C1. The average molecular weight is 397 g/mol. The summed E-state index contributed by atoms with van der Waals surface area (Å²) in [7, 11) is 0. The molecule has 28 heavy (non-hydrogen) atoms. The van der Waals surface area contributed by atoms with Gasteiger partial charge >= 0.3 is 0 Å². The molecule has 0 radical (unpaired) electrons. The number of rotatable bonds is 6. The fraction of sp³-hybridized carbons (Fsp3) is 0.278. The molecule has 9 nitrogen and oxygen atoms in total. The zero-order valence-electron chi connectivity index (χ0n) is 15.3. The van der Waals surface area contributed by atoms with Crippen LogP contribution in [-0.4, -0.2) is 56.1 Å². The van der Waals surface area contributed by atoms with Gasteiger partial charge in [-0.2, -0.15) is 10.1 Å². The maximum Gasteiger partial charge on any atom is 0.245 e. The topological polar surface area (TPSA) is 105 Å². The molecule has 1 saturated heterocycles. The maximum absolute atomic E-state index is 11.5. The molecule has 2 N–H and O–H groups in total. The summed E-state index contributed by atoms with van der Waals surface area (Å²) < 4.78 is 2.22. The molecule has 1 amide bonds. The fourth-order valence-corrected chi connectivity index (χ4v) is 3.77. The number of carbonyl (C=O) groups is 2. The van der Waals surface area contributed by atoms with Gasteiger partial charge in [0.05, 0.1) is 28.3 Å². The highest BCUT2D eigenvalue weighted by atomic mass is 32.1. The number of carbonyl (C=O) groups excluding carboxylic acids is 2. The van der Waals surface area contributed by atoms with Crippen molar-refractivity contribution in [2.24, 2.45) is 5.92 Å². The van der Waals surface area contributed by atoms with Gasteiger partial charge in [0.25, 0.3) is 0 Å². The van der Waals surface area contributed by atoms with Gasteiger partial charge in [-0.15, -0.1) is 11.3 Å². The van der Waals surface area contributed by atoms with Crippen molar-refractivity contribution in [1.29, 1.82) is 0 Å². The van der Waals surface area contributed by atoms with Crippen LogP contribution in [0.2, 0.25) is 0 Å². The van der Waals surface area contributed by atoms with Crippen LogP contribution < -0.4 is 10.6 Å². The number of thiophene rings is 1. The number of fused-ring (bicyclic) bond motifs is 1. The predicted octanol–water partition coefficient (Wildman–Crippen LogP) is 2.35. The van der Waals surface area contributed by atoms with Crippen molar-refractivity contribution in [3.05, 3.63) is 36.5 Å². The number of amides is 1. The predicted molar refractivity (Wildman–Crippen MR) is 108 cm³/mol. The van der Waals surface area contributed by atoms with Crippen molar-refractivity contribution < 1.29 is 9.59 Å². The first kappa shape index (κ1) is 18.1. The molecule has 4 heterocycles. The second-order valence-corrected chi connectivity index (χ2v) is 7.46. The molecule has 0 saturated carbocycles. The third-order valence-electron chi connectivity index (χ3n) is 4.47. The summed E-state index contributed by atoms with van der Waals surface area (Å²) in [5.74, 6) is 1.34. The number of aromatic nitrogens is 4. The Morgan fingerprint density at radius 3 is 2.93 bits per heavy atom. The van der Waals surface area contributed by atoms with Crippen molar-refractivity contribution in [2.45, 2.75) is 6.92 Å². The van der Waals surface area contributed by atoms with E-state index in [4.69, 9.17) is 0 Å². The molecule has 144 valence electrons. The van der Waals surface area contributed by atoms with E-state index in [9.17, 15) is 9.59 Å². The second-order valence-electron chi connectivity index (χ2n) is 6.54. The van der Waals surface area contributed by atoms with Gasteiger partial charge in [-0.3, -0.25) is 9.59 Å². The van der Waals surface area contributed by atoms with E-state index in [0.29, 0.717) is 37.2 Å². The number of nitrogens with zero attached hydrogens (tertiary/aromatic N) is 5. The minimum absolute atomic E-state index is 0.0310. The quantitative estimate of drug-likeness (QED) is 0.615. The Balaban J connectivity index is 1.47. The van der Waals surface area contributed by atoms with Gasteiger partial charge in [-0.05, 0) is 17.5 Å². The third-order valence-corrected chi connectivity index (χ3v) is 5.38. The number of nitrogens with one attached hydrogen (secondary N) is 2. The molecule has 1 aliphatic heterocycles. The molecule has 0 bridgehead atoms. The van der Waals surface area contributed by atoms with E-state index in [-0.39, 0.29) is 11.8 Å². The van der Waals surface area contributed by atoms with Crippen LogP contribution in [0.15, 0.2) is 36.5 Å². The van der Waals surface area contributed by atoms with Gasteiger partial charge in [-0.1, -0.05) is 6.58 Å². The molecular formula is C18H19N7O2S. The summed E-state index contributed by atoms with van der Waals surface area (Å²) in [6.45, 7) is 7.10. The number of anilines is 3. The van der Waals surface area contributed by atoms with Crippen LogP contribution in [0.25, 0.3) is 10.2 Å². The highest BCUT2D eigenvalue weighted by molar-refractivity contribution is 7.17. The molecule has 0 aliphatic carbocycles. The van der Waals surface area contributed by atoms with E-state index in [2.05, 4.69) is 32.3 Å². The molecule has 1 fully saturated rings. The molecule has 0 unspecified atom stereocenters. The summed E-state index contributed by atoms with van der Waals surface area (Å²) in [4.78, 5) is 33.8. The minimum Gasteiger partial charge on any atom is -0.368 e. The Hall–Kier alpha value is -3.27. The van der Waals surface area contributed by atoms with Gasteiger partial charge in [0, 0.05) is 32.5 Å². The average Bonchev–Trinajstić information content (AvgIpc) is 3.29. The molecule has 3 aromatic heterocycles. The van der Waals surface area contributed by atoms with Gasteiger partial charge in [0.15, 0.2) is 0 Å². The highest BCUT2D eigenvalue weighted by Gasteiger charge is 2.29. The molecular weight excluding hydrogens is 378 g/mol. The van der Waals surface area contributed by atoms with Crippen LogP contribution in [-0.2, 0) is 4.79 Å². The maximum atomic E-state index is 11.5. The number of hydrogen-bond donors (Lipinski definition) is 2. The van der Waals surface area contributed by atoms with Crippen LogP contribution in [0.3, 0.4) is 0 Å². The summed E-state index contributed by atoms with van der Waals surface area (Å²) >= 11 is 1.57. The van der Waals surface area contributed by atoms with Crippen molar-refractivity contribution >= 4 is 50.8 Å². The Morgan fingerprint density at radius 1 is 1.39 bits per heavy atom. The fourth-order valence-electron chi connectivity index (χ4n) is 2.98. The van der Waals surface area contributed by atoms with Crippen molar-refractivity contribution in [2.75, 3.05) is 30.3 Å². The molecule has 1 aliphatic rings. The third kappa shape index (κ3) is 3.58. The molecule has 10 heteroatoms. The van der Waals surface area contributed by atoms with Crippen LogP contribution >= 0.6 is 11.3 Å². The van der Waals surface area contributed by atoms with E-state index in [1.54, 1.807) is 28.6 Å². The Kier molecular flexibility index (Phi) is 4.78. The normalized spacial score (nSPS) is 14.0. The van der Waals surface area contributed by atoms with Gasteiger partial charge in [0.1, 0.15) is 5.82 Å². The summed E-state index contributed by atoms with van der Waals surface area (Å²) in [6.07, 6.45) is 4.49. The summed E-state index contributed by atoms with van der Waals surface area (Å²) in [5.41, 5.74) is 1.47. The molecule has 4 rings (SSSR count). The van der Waals surface area contributed by atoms with Gasteiger partial charge in [0.2, 0.25) is 17.8 Å². The lowest BCUT2D eigenvalue weighted by atomic mass is 10.00. The lowest BCUT2D eigenvalue weighted by Gasteiger charge is -2.38. The van der Waals surface area contributed by atoms with Gasteiger partial charge in [-0.25, -0.2) is 9.67 Å². The van der Waals surface area contributed by atoms with Crippen LogP contribution in [0.1, 0.15) is 11.7 Å². The largest absolute Gasteiger partial charge is 0.368 e. The first-order valence-corrected chi connectivity index (χ1v) is 9.64. The smallest absolute Gasteiger partial charge is 0.245 e. The lowest BCUT2D eigenvalue weighted by molar-refractivity contribution is -0.131. The van der Waals surface area contributed by atoms with E-state index in [0.717, 1.165) is 16.0 Å². The minimum atomic E-state index is -0.172. The lowest BCUT2D eigenvalue weighted by Crippen LogP contribution is -2.51. The Labute approximate surface area is 165 Å². The summed E-state index contributed by atoms with van der Waals surface area (Å²) in [5, 5.41) is 12.4. The van der Waals surface area contributed by atoms with Crippen molar-refractivity contribution in [1.82, 2.24) is 24.6 Å². The summed E-state index contributed by atoms with van der Waals surface area (Å²) in [6, 6.07) is 1.94. The second kappa shape index (κ2) is 7.39. The van der Waals surface area contributed by atoms with E-state index >= 15 is 0 Å². The number of likely N-dealkylation sites (tertiary alicyclic amines) is 1. The monoisotopic (exact) mass is 397 g/mol. The van der Waals surface area contributed by atoms with Crippen LogP contribution in [0, 0.1) is 5.92 Å². The Morgan fingerprint density at radius 2 is 2.21 bits per heavy atom. The zero-order valence-corrected chi connectivity index (χ0v) is 16.1. The molecule has 0 spiro atoms. The number of hydrogen-bond acceptors (Lipinski definition) is 8. The van der Waals surface area contributed by atoms with Crippen LogP contribution in [0.5, 0.6) is 0 Å². The molecule has 3 aromatic rings. The Bertz CT molecular complexity index is 1050. The highest BCUT2D eigenvalue weighted by Crippen LogP contribution is 2.29. The first-order chi connectivity index (χ1) is 13.5. The standard InChI is InChI=1S/C18H19N7O2S/c1-3-15(27)24-8-12(9-24)6-19-17-16-14(4-5-28-16)22-18(23-17)21-13-7-20-25(10-13)11(2)26/h3-5,7,10,12H,1,6,8-9H2,2H3,(H2,19,21,22,23). The molecule has 0 aromatic carbocycles.